The molecule has 2 unspecified atom stereocenters. The van der Waals surface area contributed by atoms with Gasteiger partial charge in [0.25, 0.3) is 0 Å². The molecule has 0 saturated heterocycles. The predicted octanol–water partition coefficient (Wildman–Crippen LogP) is 5.29. The number of ether oxygens (including phenoxy) is 1. The molecule has 4 nitrogen and oxygen atoms in total. The van der Waals surface area contributed by atoms with Gasteiger partial charge in [-0.2, -0.15) is 0 Å². The monoisotopic (exact) mass is 370 g/mol. The van der Waals surface area contributed by atoms with Crippen LogP contribution in [0.1, 0.15) is 46.1 Å². The molecule has 0 spiro atoms. The number of carbonyl (C=O) groups excluding carboxylic acids is 1. The maximum absolute atomic E-state index is 11.8. The summed E-state index contributed by atoms with van der Waals surface area (Å²) in [6.07, 6.45) is 0. The number of hydrogen-bond donors (Lipinski definition) is 1. The average molecular weight is 370 g/mol. The lowest BCUT2D eigenvalue weighted by atomic mass is 9.82. The number of para-hydroxylation sites is 2. The molecule has 0 radical (unpaired) electrons. The van der Waals surface area contributed by atoms with Gasteiger partial charge in [-0.3, -0.25) is 0 Å². The number of esters is 1. The molecule has 4 aromatic rings. The van der Waals surface area contributed by atoms with E-state index in [4.69, 9.17) is 9.72 Å². The van der Waals surface area contributed by atoms with Crippen molar-refractivity contribution >= 4 is 17.0 Å². The molecular formula is C24H22N2O2. The molecule has 0 aliphatic heterocycles. The lowest BCUT2D eigenvalue weighted by Gasteiger charge is -2.23. The molecule has 28 heavy (non-hydrogen) atoms. The number of nitrogens with one attached hydrogen (secondary N) is 1. The van der Waals surface area contributed by atoms with Gasteiger partial charge in [0, 0.05) is 5.92 Å². The van der Waals surface area contributed by atoms with E-state index in [1.54, 1.807) is 0 Å². The standard InChI is InChI=1S/C24H22N2O2/c1-16(17-8-4-3-5-9-17)22(18-12-14-19(15-13-18)24(27)28-2)23-25-20-10-6-7-11-21(20)26-23/h3-16,22H,1-2H3,(H,25,26). The van der Waals surface area contributed by atoms with Crippen molar-refractivity contribution in [3.8, 4) is 0 Å². The molecule has 3 aromatic carbocycles. The Morgan fingerprint density at radius 3 is 2.25 bits per heavy atom. The number of hydrogen-bond acceptors (Lipinski definition) is 3. The second-order valence-electron chi connectivity index (χ2n) is 6.93. The van der Waals surface area contributed by atoms with Crippen molar-refractivity contribution in [2.75, 3.05) is 7.11 Å². The van der Waals surface area contributed by atoms with Crippen molar-refractivity contribution < 1.29 is 9.53 Å². The molecule has 140 valence electrons. The molecule has 1 aromatic heterocycles. The third kappa shape index (κ3) is 3.41. The van der Waals surface area contributed by atoms with E-state index in [9.17, 15) is 4.79 Å². The second-order valence-corrected chi connectivity index (χ2v) is 6.93. The van der Waals surface area contributed by atoms with Crippen LogP contribution in [0.4, 0.5) is 0 Å². The maximum Gasteiger partial charge on any atom is 0.337 e. The van der Waals surface area contributed by atoms with Gasteiger partial charge in [0.05, 0.1) is 23.7 Å². The summed E-state index contributed by atoms with van der Waals surface area (Å²) < 4.78 is 4.82. The zero-order valence-corrected chi connectivity index (χ0v) is 15.9. The van der Waals surface area contributed by atoms with Crippen molar-refractivity contribution in [2.45, 2.75) is 18.8 Å². The first kappa shape index (κ1) is 18.0. The minimum Gasteiger partial charge on any atom is -0.465 e. The Hall–Kier alpha value is -3.40. The summed E-state index contributed by atoms with van der Waals surface area (Å²) in [6.45, 7) is 2.21. The summed E-state index contributed by atoms with van der Waals surface area (Å²) in [6, 6.07) is 26.1. The van der Waals surface area contributed by atoms with Crippen LogP contribution in [-0.2, 0) is 4.74 Å². The fourth-order valence-corrected chi connectivity index (χ4v) is 3.70. The molecule has 0 saturated carbocycles. The summed E-state index contributed by atoms with van der Waals surface area (Å²) in [5.41, 5.74) is 4.86. The lowest BCUT2D eigenvalue weighted by molar-refractivity contribution is 0.0600. The predicted molar refractivity (Wildman–Crippen MR) is 111 cm³/mol. The van der Waals surface area contributed by atoms with Crippen molar-refractivity contribution in [1.29, 1.82) is 0 Å². The fourth-order valence-electron chi connectivity index (χ4n) is 3.70. The largest absolute Gasteiger partial charge is 0.465 e. The summed E-state index contributed by atoms with van der Waals surface area (Å²) >= 11 is 0. The van der Waals surface area contributed by atoms with Gasteiger partial charge >= 0.3 is 5.97 Å². The van der Waals surface area contributed by atoms with Crippen molar-refractivity contribution in [1.82, 2.24) is 9.97 Å². The number of methoxy groups -OCH3 is 1. The number of benzene rings is 3. The van der Waals surface area contributed by atoms with Gasteiger partial charge < -0.3 is 9.72 Å². The molecule has 0 fully saturated rings. The number of carbonyl (C=O) groups is 1. The van der Waals surface area contributed by atoms with Crippen LogP contribution in [0.3, 0.4) is 0 Å². The van der Waals surface area contributed by atoms with E-state index < -0.39 is 0 Å². The topological polar surface area (TPSA) is 55.0 Å². The highest BCUT2D eigenvalue weighted by Gasteiger charge is 2.26. The zero-order chi connectivity index (χ0) is 19.5. The highest BCUT2D eigenvalue weighted by Crippen LogP contribution is 2.37. The number of rotatable bonds is 5. The molecule has 0 aliphatic carbocycles. The summed E-state index contributed by atoms with van der Waals surface area (Å²) in [4.78, 5) is 20.1. The first-order chi connectivity index (χ1) is 13.7. The normalized spacial score (nSPS) is 13.2. The Morgan fingerprint density at radius 2 is 1.57 bits per heavy atom. The number of aromatic nitrogens is 2. The van der Waals surface area contributed by atoms with Crippen LogP contribution in [0, 0.1) is 0 Å². The van der Waals surface area contributed by atoms with Gasteiger partial charge in [0.15, 0.2) is 0 Å². The number of nitrogens with zero attached hydrogens (tertiary/aromatic N) is 1. The third-order valence-corrected chi connectivity index (χ3v) is 5.22. The molecule has 1 heterocycles. The number of H-pyrrole nitrogens is 1. The van der Waals surface area contributed by atoms with Crippen LogP contribution in [0.25, 0.3) is 11.0 Å². The first-order valence-electron chi connectivity index (χ1n) is 9.35. The van der Waals surface area contributed by atoms with E-state index >= 15 is 0 Å². The SMILES string of the molecule is COC(=O)c1ccc(C(c2nc3ccccc3[nH]2)C(C)c2ccccc2)cc1. The first-order valence-corrected chi connectivity index (χ1v) is 9.35. The van der Waals surface area contributed by atoms with Gasteiger partial charge in [0.2, 0.25) is 0 Å². The van der Waals surface area contributed by atoms with Gasteiger partial charge in [0.1, 0.15) is 5.82 Å². The van der Waals surface area contributed by atoms with Crippen LogP contribution in [-0.4, -0.2) is 23.0 Å². The van der Waals surface area contributed by atoms with E-state index in [-0.39, 0.29) is 17.8 Å². The molecule has 0 bridgehead atoms. The Labute approximate surface area is 164 Å². The van der Waals surface area contributed by atoms with E-state index in [1.807, 2.05) is 54.6 Å². The molecule has 0 aliphatic rings. The Balaban J connectivity index is 1.80. The van der Waals surface area contributed by atoms with Crippen LogP contribution in [0.2, 0.25) is 0 Å². The fraction of sp³-hybridized carbons (Fsp3) is 0.167. The maximum atomic E-state index is 11.8. The van der Waals surface area contributed by atoms with Gasteiger partial charge in [-0.05, 0) is 41.3 Å². The van der Waals surface area contributed by atoms with Crippen LogP contribution in [0.15, 0.2) is 78.9 Å². The Bertz CT molecular complexity index is 1050. The minimum absolute atomic E-state index is 0.0292. The molecular weight excluding hydrogens is 348 g/mol. The van der Waals surface area contributed by atoms with E-state index in [1.165, 1.54) is 12.7 Å². The molecule has 2 atom stereocenters. The average Bonchev–Trinajstić information content (AvgIpc) is 3.18. The Morgan fingerprint density at radius 1 is 0.893 bits per heavy atom. The summed E-state index contributed by atoms with van der Waals surface area (Å²) in [5, 5.41) is 0. The van der Waals surface area contributed by atoms with Gasteiger partial charge in [-0.15, -0.1) is 0 Å². The second kappa shape index (κ2) is 7.69. The molecule has 4 heteroatoms. The molecule has 4 rings (SSSR count). The third-order valence-electron chi connectivity index (χ3n) is 5.22. The smallest absolute Gasteiger partial charge is 0.337 e. The Kier molecular flexibility index (Phi) is 4.94. The molecule has 0 amide bonds. The van der Waals surface area contributed by atoms with Crippen molar-refractivity contribution in [3.63, 3.8) is 0 Å². The van der Waals surface area contributed by atoms with E-state index in [0.29, 0.717) is 5.56 Å². The number of imidazole rings is 1. The number of fused-ring (bicyclic) bond motifs is 1. The van der Waals surface area contributed by atoms with Crippen LogP contribution >= 0.6 is 0 Å². The minimum atomic E-state index is -0.331. The zero-order valence-electron chi connectivity index (χ0n) is 15.9. The quantitative estimate of drug-likeness (QED) is 0.486. The highest BCUT2D eigenvalue weighted by atomic mass is 16.5. The van der Waals surface area contributed by atoms with Crippen molar-refractivity contribution in [2.24, 2.45) is 0 Å². The van der Waals surface area contributed by atoms with Crippen LogP contribution in [0.5, 0.6) is 0 Å². The number of aromatic amines is 1. The molecule has 1 N–H and O–H groups in total. The summed E-state index contributed by atoms with van der Waals surface area (Å²) in [7, 11) is 1.39. The van der Waals surface area contributed by atoms with Gasteiger partial charge in [-0.25, -0.2) is 9.78 Å². The van der Waals surface area contributed by atoms with Gasteiger partial charge in [-0.1, -0.05) is 61.5 Å². The van der Waals surface area contributed by atoms with E-state index in [0.717, 1.165) is 22.4 Å². The lowest BCUT2D eigenvalue weighted by Crippen LogP contribution is -2.12. The summed E-state index contributed by atoms with van der Waals surface area (Å²) in [5.74, 6) is 0.818. The van der Waals surface area contributed by atoms with Crippen LogP contribution < -0.4 is 0 Å². The van der Waals surface area contributed by atoms with E-state index in [2.05, 4.69) is 36.2 Å². The van der Waals surface area contributed by atoms with Crippen molar-refractivity contribution in [3.05, 3.63) is 101 Å². The highest BCUT2D eigenvalue weighted by molar-refractivity contribution is 5.89.